The minimum absolute atomic E-state index is 0.0216. The van der Waals surface area contributed by atoms with Gasteiger partial charge in [-0.2, -0.15) is 0 Å². The summed E-state index contributed by atoms with van der Waals surface area (Å²) in [6.45, 7) is 1.35. The molecule has 3 rings (SSSR count). The summed E-state index contributed by atoms with van der Waals surface area (Å²) in [5.74, 6) is -0.305. The van der Waals surface area contributed by atoms with E-state index in [1.807, 2.05) is 30.3 Å². The molecule has 3 amide bonds. The number of nitrogens with zero attached hydrogens (tertiary/aromatic N) is 1. The molecule has 1 unspecified atom stereocenters. The van der Waals surface area contributed by atoms with Crippen LogP contribution in [0, 0.1) is 5.92 Å². The van der Waals surface area contributed by atoms with Crippen molar-refractivity contribution in [1.82, 2.24) is 15.5 Å². The van der Waals surface area contributed by atoms with Crippen molar-refractivity contribution in [2.24, 2.45) is 5.92 Å². The Morgan fingerprint density at radius 2 is 1.73 bits per heavy atom. The summed E-state index contributed by atoms with van der Waals surface area (Å²) in [5, 5.41) is 6.05. The standard InChI is InChI=1S/C22H24ClN3O4/c23-18-6-8-19(9-7-18)30-15-20(27)24-10-11-25-22(29)17-12-21(28)26(14-17)13-16-4-2-1-3-5-16/h1-9,17H,10-15H2,(H,24,27)(H,25,29). The van der Waals surface area contributed by atoms with Crippen LogP contribution < -0.4 is 15.4 Å². The Hall–Kier alpha value is -3.06. The third kappa shape index (κ3) is 6.49. The van der Waals surface area contributed by atoms with Gasteiger partial charge in [0.25, 0.3) is 5.91 Å². The molecule has 2 N–H and O–H groups in total. The highest BCUT2D eigenvalue weighted by atomic mass is 35.5. The van der Waals surface area contributed by atoms with E-state index in [1.165, 1.54) is 0 Å². The van der Waals surface area contributed by atoms with Crippen LogP contribution in [0.15, 0.2) is 54.6 Å². The number of hydrogen-bond acceptors (Lipinski definition) is 4. The molecule has 0 spiro atoms. The molecule has 8 heteroatoms. The number of halogens is 1. The summed E-state index contributed by atoms with van der Waals surface area (Å²) >= 11 is 5.79. The summed E-state index contributed by atoms with van der Waals surface area (Å²) in [6.07, 6.45) is 0.208. The predicted octanol–water partition coefficient (Wildman–Crippen LogP) is 2.00. The third-order valence-corrected chi connectivity index (χ3v) is 4.98. The van der Waals surface area contributed by atoms with E-state index in [-0.39, 0.29) is 49.8 Å². The maximum atomic E-state index is 12.3. The molecule has 0 aliphatic carbocycles. The van der Waals surface area contributed by atoms with Crippen LogP contribution in [0.3, 0.4) is 0 Å². The largest absolute Gasteiger partial charge is 0.484 e. The fraction of sp³-hybridized carbons (Fsp3) is 0.318. The van der Waals surface area contributed by atoms with Crippen molar-refractivity contribution in [3.8, 4) is 5.75 Å². The van der Waals surface area contributed by atoms with E-state index in [2.05, 4.69) is 10.6 Å². The zero-order chi connectivity index (χ0) is 21.3. The van der Waals surface area contributed by atoms with Crippen LogP contribution in [-0.2, 0) is 20.9 Å². The molecule has 158 valence electrons. The third-order valence-electron chi connectivity index (χ3n) is 4.73. The molecule has 7 nitrogen and oxygen atoms in total. The van der Waals surface area contributed by atoms with Crippen molar-refractivity contribution >= 4 is 29.3 Å². The van der Waals surface area contributed by atoms with E-state index in [9.17, 15) is 14.4 Å². The molecular formula is C22H24ClN3O4. The molecule has 0 bridgehead atoms. The van der Waals surface area contributed by atoms with Gasteiger partial charge in [0.05, 0.1) is 5.92 Å². The smallest absolute Gasteiger partial charge is 0.258 e. The first kappa shape index (κ1) is 21.6. The average molecular weight is 430 g/mol. The van der Waals surface area contributed by atoms with Crippen molar-refractivity contribution in [3.63, 3.8) is 0 Å². The number of ether oxygens (including phenoxy) is 1. The van der Waals surface area contributed by atoms with Gasteiger partial charge in [-0.15, -0.1) is 0 Å². The molecule has 2 aromatic carbocycles. The second-order valence-electron chi connectivity index (χ2n) is 7.04. The van der Waals surface area contributed by atoms with Crippen molar-refractivity contribution in [3.05, 3.63) is 65.2 Å². The lowest BCUT2D eigenvalue weighted by Crippen LogP contribution is -2.39. The van der Waals surface area contributed by atoms with Crippen LogP contribution in [0.1, 0.15) is 12.0 Å². The van der Waals surface area contributed by atoms with Crippen molar-refractivity contribution < 1.29 is 19.1 Å². The Balaban J connectivity index is 1.32. The fourth-order valence-corrected chi connectivity index (χ4v) is 3.29. The number of nitrogens with one attached hydrogen (secondary N) is 2. The van der Waals surface area contributed by atoms with Gasteiger partial charge in [0.2, 0.25) is 11.8 Å². The van der Waals surface area contributed by atoms with Crippen LogP contribution in [-0.4, -0.2) is 48.9 Å². The van der Waals surface area contributed by atoms with Gasteiger partial charge in [0.15, 0.2) is 6.61 Å². The highest BCUT2D eigenvalue weighted by Gasteiger charge is 2.33. The van der Waals surface area contributed by atoms with E-state index in [1.54, 1.807) is 29.2 Å². The van der Waals surface area contributed by atoms with Gasteiger partial charge in [0.1, 0.15) is 5.75 Å². The van der Waals surface area contributed by atoms with Gasteiger partial charge < -0.3 is 20.3 Å². The van der Waals surface area contributed by atoms with Crippen molar-refractivity contribution in [2.75, 3.05) is 26.2 Å². The first-order valence-corrected chi connectivity index (χ1v) is 10.1. The summed E-state index contributed by atoms with van der Waals surface area (Å²) in [6, 6.07) is 16.4. The van der Waals surface area contributed by atoms with Crippen LogP contribution in [0.2, 0.25) is 5.02 Å². The first-order chi connectivity index (χ1) is 14.5. The number of benzene rings is 2. The van der Waals surface area contributed by atoms with Crippen LogP contribution in [0.25, 0.3) is 0 Å². The number of carbonyl (C=O) groups is 3. The van der Waals surface area contributed by atoms with Gasteiger partial charge >= 0.3 is 0 Å². The highest BCUT2D eigenvalue weighted by molar-refractivity contribution is 6.30. The summed E-state index contributed by atoms with van der Waals surface area (Å²) < 4.78 is 5.35. The normalized spacial score (nSPS) is 15.7. The Morgan fingerprint density at radius 3 is 2.47 bits per heavy atom. The highest BCUT2D eigenvalue weighted by Crippen LogP contribution is 2.20. The van der Waals surface area contributed by atoms with Crippen molar-refractivity contribution in [2.45, 2.75) is 13.0 Å². The monoisotopic (exact) mass is 429 g/mol. The summed E-state index contributed by atoms with van der Waals surface area (Å²) in [5.41, 5.74) is 1.04. The lowest BCUT2D eigenvalue weighted by Gasteiger charge is -2.16. The molecule has 0 aromatic heterocycles. The van der Waals surface area contributed by atoms with E-state index in [0.717, 1.165) is 5.56 Å². The van der Waals surface area contributed by atoms with Crippen LogP contribution >= 0.6 is 11.6 Å². The van der Waals surface area contributed by atoms with Gasteiger partial charge in [-0.1, -0.05) is 41.9 Å². The summed E-state index contributed by atoms with van der Waals surface area (Å²) in [7, 11) is 0. The van der Waals surface area contributed by atoms with E-state index in [4.69, 9.17) is 16.3 Å². The Morgan fingerprint density at radius 1 is 1.03 bits per heavy atom. The molecule has 2 aromatic rings. The topological polar surface area (TPSA) is 87.7 Å². The number of hydrogen-bond donors (Lipinski definition) is 2. The molecule has 1 aliphatic heterocycles. The predicted molar refractivity (Wildman–Crippen MR) is 113 cm³/mol. The Bertz CT molecular complexity index is 874. The van der Waals surface area contributed by atoms with Gasteiger partial charge in [-0.25, -0.2) is 0 Å². The lowest BCUT2D eigenvalue weighted by atomic mass is 10.1. The average Bonchev–Trinajstić information content (AvgIpc) is 3.12. The summed E-state index contributed by atoms with van der Waals surface area (Å²) in [4.78, 5) is 38.0. The fourth-order valence-electron chi connectivity index (χ4n) is 3.17. The zero-order valence-corrected chi connectivity index (χ0v) is 17.2. The minimum atomic E-state index is -0.370. The second kappa shape index (κ2) is 10.6. The zero-order valence-electron chi connectivity index (χ0n) is 16.5. The molecule has 1 atom stereocenters. The molecule has 1 fully saturated rings. The SMILES string of the molecule is O=C(COc1ccc(Cl)cc1)NCCNC(=O)C1CC(=O)N(Cc2ccccc2)C1. The Labute approximate surface area is 180 Å². The molecule has 1 aliphatic rings. The second-order valence-corrected chi connectivity index (χ2v) is 7.48. The van der Waals surface area contributed by atoms with Crippen LogP contribution in [0.4, 0.5) is 0 Å². The van der Waals surface area contributed by atoms with E-state index < -0.39 is 0 Å². The van der Waals surface area contributed by atoms with E-state index in [0.29, 0.717) is 23.9 Å². The Kier molecular flexibility index (Phi) is 7.68. The number of amides is 3. The molecule has 1 saturated heterocycles. The molecule has 1 heterocycles. The number of likely N-dealkylation sites (tertiary alicyclic amines) is 1. The van der Waals surface area contributed by atoms with Gasteiger partial charge in [-0.3, -0.25) is 14.4 Å². The number of rotatable bonds is 9. The maximum Gasteiger partial charge on any atom is 0.258 e. The maximum absolute atomic E-state index is 12.3. The van der Waals surface area contributed by atoms with Gasteiger partial charge in [0, 0.05) is 37.6 Å². The molecular weight excluding hydrogens is 406 g/mol. The molecule has 0 saturated carbocycles. The number of carbonyl (C=O) groups excluding carboxylic acids is 3. The van der Waals surface area contributed by atoms with Crippen molar-refractivity contribution in [1.29, 1.82) is 0 Å². The lowest BCUT2D eigenvalue weighted by molar-refractivity contribution is -0.129. The first-order valence-electron chi connectivity index (χ1n) is 9.76. The van der Waals surface area contributed by atoms with E-state index >= 15 is 0 Å². The quantitative estimate of drug-likeness (QED) is 0.597. The molecule has 0 radical (unpaired) electrons. The van der Waals surface area contributed by atoms with Gasteiger partial charge in [-0.05, 0) is 29.8 Å². The molecule has 30 heavy (non-hydrogen) atoms. The van der Waals surface area contributed by atoms with Crippen LogP contribution in [0.5, 0.6) is 5.75 Å². The minimum Gasteiger partial charge on any atom is -0.484 e.